The van der Waals surface area contributed by atoms with Gasteiger partial charge in [-0.1, -0.05) is 42.5 Å². The van der Waals surface area contributed by atoms with Crippen LogP contribution in [0.25, 0.3) is 12.2 Å². The zero-order valence-electron chi connectivity index (χ0n) is 11.4. The summed E-state index contributed by atoms with van der Waals surface area (Å²) in [6, 6.07) is 16.3. The monoisotopic (exact) mass is 279 g/mol. The summed E-state index contributed by atoms with van der Waals surface area (Å²) in [6.45, 7) is 0.436. The molecule has 2 aromatic carbocycles. The smallest absolute Gasteiger partial charge is 0.213 e. The Bertz CT molecular complexity index is 700. The Morgan fingerprint density at radius 1 is 0.905 bits per heavy atom. The summed E-state index contributed by atoms with van der Waals surface area (Å²) >= 11 is 0. The second-order valence-electron chi connectivity index (χ2n) is 4.67. The zero-order valence-corrected chi connectivity index (χ0v) is 11.4. The lowest BCUT2D eigenvalue weighted by Gasteiger charge is -1.94. The molecule has 0 atom stereocenters. The molecule has 0 N–H and O–H groups in total. The van der Waals surface area contributed by atoms with Crippen molar-refractivity contribution in [2.75, 3.05) is 6.61 Å². The highest BCUT2D eigenvalue weighted by Crippen LogP contribution is 2.15. The molecule has 0 bridgehead atoms. The summed E-state index contributed by atoms with van der Waals surface area (Å²) < 4.78 is 18.3. The van der Waals surface area contributed by atoms with Gasteiger partial charge in [-0.25, -0.2) is 9.38 Å². The van der Waals surface area contributed by atoms with Crippen LogP contribution < -0.4 is 0 Å². The summed E-state index contributed by atoms with van der Waals surface area (Å²) in [4.78, 5) is 4.40. The molecule has 1 aliphatic rings. The Labute approximate surface area is 122 Å². The Balaban J connectivity index is 1.72. The molecule has 2 aromatic rings. The van der Waals surface area contributed by atoms with E-state index in [2.05, 4.69) is 4.99 Å². The van der Waals surface area contributed by atoms with E-state index in [9.17, 15) is 4.39 Å². The van der Waals surface area contributed by atoms with E-state index in [0.717, 1.165) is 16.8 Å². The van der Waals surface area contributed by atoms with Crippen LogP contribution >= 0.6 is 0 Å². The second-order valence-corrected chi connectivity index (χ2v) is 4.67. The van der Waals surface area contributed by atoms with Gasteiger partial charge in [0.15, 0.2) is 0 Å². The predicted octanol–water partition coefficient (Wildman–Crippen LogP) is 4.31. The standard InChI is InChI=1S/C18H14FNO/c19-16-9-6-15(7-10-16)12-17-13-21-18(20-17)11-8-14-4-2-1-3-5-14/h1-12H,13H2/b11-8+,17-12-. The van der Waals surface area contributed by atoms with Gasteiger partial charge in [0, 0.05) is 6.08 Å². The van der Waals surface area contributed by atoms with Crippen molar-refractivity contribution >= 4 is 18.0 Å². The van der Waals surface area contributed by atoms with E-state index < -0.39 is 0 Å². The molecule has 21 heavy (non-hydrogen) atoms. The maximum atomic E-state index is 12.8. The molecule has 3 rings (SSSR count). The molecule has 0 saturated heterocycles. The summed E-state index contributed by atoms with van der Waals surface area (Å²) in [5.74, 6) is 0.349. The van der Waals surface area contributed by atoms with Crippen molar-refractivity contribution < 1.29 is 9.13 Å². The molecule has 0 aromatic heterocycles. The SMILES string of the molecule is Fc1ccc(/C=C2/COC(/C=C/c3ccccc3)=N2)cc1. The molecule has 0 amide bonds. The first-order chi connectivity index (χ1) is 10.3. The van der Waals surface area contributed by atoms with Gasteiger partial charge in [-0.3, -0.25) is 0 Å². The minimum absolute atomic E-state index is 0.241. The van der Waals surface area contributed by atoms with Gasteiger partial charge in [0.05, 0.1) is 5.70 Å². The number of aliphatic imine (C=N–C) groups is 1. The quantitative estimate of drug-likeness (QED) is 0.820. The third-order valence-electron chi connectivity index (χ3n) is 3.04. The molecule has 1 heterocycles. The summed E-state index contributed by atoms with van der Waals surface area (Å²) in [5, 5.41) is 0. The normalized spacial score (nSPS) is 16.2. The molecule has 0 fully saturated rings. The first-order valence-electron chi connectivity index (χ1n) is 6.70. The first kappa shape index (κ1) is 13.3. The van der Waals surface area contributed by atoms with Crippen LogP contribution in [0.3, 0.4) is 0 Å². The van der Waals surface area contributed by atoms with Gasteiger partial charge in [-0.2, -0.15) is 0 Å². The third-order valence-corrected chi connectivity index (χ3v) is 3.04. The van der Waals surface area contributed by atoms with E-state index in [0.29, 0.717) is 12.5 Å². The van der Waals surface area contributed by atoms with Gasteiger partial charge in [-0.05, 0) is 35.4 Å². The molecule has 1 aliphatic heterocycles. The van der Waals surface area contributed by atoms with E-state index >= 15 is 0 Å². The van der Waals surface area contributed by atoms with Gasteiger partial charge in [0.2, 0.25) is 5.90 Å². The Kier molecular flexibility index (Phi) is 3.92. The number of hydrogen-bond acceptors (Lipinski definition) is 2. The molecular formula is C18H14FNO. The highest BCUT2D eigenvalue weighted by molar-refractivity contribution is 5.94. The van der Waals surface area contributed by atoms with Crippen molar-refractivity contribution in [1.82, 2.24) is 0 Å². The minimum Gasteiger partial charge on any atom is -0.471 e. The first-order valence-corrected chi connectivity index (χ1v) is 6.70. The van der Waals surface area contributed by atoms with E-state index in [1.807, 2.05) is 48.6 Å². The van der Waals surface area contributed by atoms with Crippen molar-refractivity contribution in [3.63, 3.8) is 0 Å². The molecule has 0 radical (unpaired) electrons. The van der Waals surface area contributed by atoms with E-state index in [4.69, 9.17) is 4.74 Å². The van der Waals surface area contributed by atoms with Crippen LogP contribution in [0.1, 0.15) is 11.1 Å². The fraction of sp³-hybridized carbons (Fsp3) is 0.0556. The van der Waals surface area contributed by atoms with Gasteiger partial charge in [0.1, 0.15) is 12.4 Å². The van der Waals surface area contributed by atoms with Crippen molar-refractivity contribution in [3.8, 4) is 0 Å². The fourth-order valence-corrected chi connectivity index (χ4v) is 2.00. The summed E-state index contributed by atoms with van der Waals surface area (Å²) in [5.41, 5.74) is 2.83. The molecule has 0 unspecified atom stereocenters. The van der Waals surface area contributed by atoms with Crippen LogP contribution in [0.5, 0.6) is 0 Å². The van der Waals surface area contributed by atoms with Crippen LogP contribution in [-0.2, 0) is 4.74 Å². The van der Waals surface area contributed by atoms with Crippen LogP contribution in [0.4, 0.5) is 4.39 Å². The Morgan fingerprint density at radius 3 is 2.43 bits per heavy atom. The summed E-state index contributed by atoms with van der Waals surface area (Å²) in [7, 11) is 0. The van der Waals surface area contributed by atoms with Crippen molar-refractivity contribution in [1.29, 1.82) is 0 Å². The molecule has 0 saturated carbocycles. The fourth-order valence-electron chi connectivity index (χ4n) is 2.00. The highest BCUT2D eigenvalue weighted by Gasteiger charge is 2.09. The number of rotatable bonds is 3. The minimum atomic E-state index is -0.241. The van der Waals surface area contributed by atoms with Crippen molar-refractivity contribution in [2.24, 2.45) is 4.99 Å². The number of halogens is 1. The molecule has 0 spiro atoms. The lowest BCUT2D eigenvalue weighted by molar-refractivity contribution is 0.367. The van der Waals surface area contributed by atoms with Gasteiger partial charge < -0.3 is 4.74 Å². The second kappa shape index (κ2) is 6.18. The highest BCUT2D eigenvalue weighted by atomic mass is 19.1. The van der Waals surface area contributed by atoms with Crippen LogP contribution in [0, 0.1) is 5.82 Å². The number of hydrogen-bond donors (Lipinski definition) is 0. The molecule has 2 nitrogen and oxygen atoms in total. The molecular weight excluding hydrogens is 265 g/mol. The molecule has 3 heteroatoms. The largest absolute Gasteiger partial charge is 0.471 e. The average molecular weight is 279 g/mol. The van der Waals surface area contributed by atoms with Gasteiger partial charge in [-0.15, -0.1) is 0 Å². The predicted molar refractivity (Wildman–Crippen MR) is 83.2 cm³/mol. The van der Waals surface area contributed by atoms with E-state index in [1.54, 1.807) is 12.1 Å². The van der Waals surface area contributed by atoms with Crippen LogP contribution in [0.15, 0.2) is 71.4 Å². The maximum absolute atomic E-state index is 12.8. The number of ether oxygens (including phenoxy) is 1. The third kappa shape index (κ3) is 3.66. The lowest BCUT2D eigenvalue weighted by atomic mass is 10.2. The van der Waals surface area contributed by atoms with E-state index in [1.165, 1.54) is 12.1 Å². The molecule has 0 aliphatic carbocycles. The lowest BCUT2D eigenvalue weighted by Crippen LogP contribution is -1.92. The van der Waals surface area contributed by atoms with Crippen molar-refractivity contribution in [3.05, 3.63) is 83.3 Å². The van der Waals surface area contributed by atoms with Crippen molar-refractivity contribution in [2.45, 2.75) is 0 Å². The van der Waals surface area contributed by atoms with Crippen LogP contribution in [-0.4, -0.2) is 12.5 Å². The number of benzene rings is 2. The van der Waals surface area contributed by atoms with Gasteiger partial charge in [0.25, 0.3) is 0 Å². The topological polar surface area (TPSA) is 21.6 Å². The zero-order chi connectivity index (χ0) is 14.5. The Hall–Kier alpha value is -2.68. The number of nitrogens with zero attached hydrogens (tertiary/aromatic N) is 1. The summed E-state index contributed by atoms with van der Waals surface area (Å²) in [6.07, 6.45) is 5.70. The van der Waals surface area contributed by atoms with Crippen LogP contribution in [0.2, 0.25) is 0 Å². The molecule has 104 valence electrons. The Morgan fingerprint density at radius 2 is 1.67 bits per heavy atom. The van der Waals surface area contributed by atoms with E-state index in [-0.39, 0.29) is 5.82 Å². The maximum Gasteiger partial charge on any atom is 0.213 e. The van der Waals surface area contributed by atoms with Gasteiger partial charge >= 0.3 is 0 Å². The average Bonchev–Trinajstić information content (AvgIpc) is 2.96.